The maximum absolute atomic E-state index is 9.89. The normalized spacial score (nSPS) is 23.5. The van der Waals surface area contributed by atoms with Crippen LogP contribution in [0.25, 0.3) is 0 Å². The Morgan fingerprint density at radius 3 is 2.63 bits per heavy atom. The van der Waals surface area contributed by atoms with Gasteiger partial charge in [-0.2, -0.15) is 0 Å². The largest absolute Gasteiger partial charge is 0.397 e. The summed E-state index contributed by atoms with van der Waals surface area (Å²) in [6.07, 6.45) is 10.7. The number of anilines is 1. The van der Waals surface area contributed by atoms with Crippen molar-refractivity contribution in [1.82, 2.24) is 10.3 Å². The van der Waals surface area contributed by atoms with Crippen LogP contribution in [-0.4, -0.2) is 59.8 Å². The number of piperidine rings is 1. The van der Waals surface area contributed by atoms with E-state index in [4.69, 9.17) is 10.5 Å². The summed E-state index contributed by atoms with van der Waals surface area (Å²) in [7, 11) is 0. The number of pyridine rings is 1. The minimum atomic E-state index is 0.192. The zero-order valence-electron chi connectivity index (χ0n) is 16.2. The number of hydrogen-bond acceptors (Lipinski definition) is 6. The molecule has 0 aromatic carbocycles. The van der Waals surface area contributed by atoms with Crippen molar-refractivity contribution in [2.24, 2.45) is 5.92 Å². The van der Waals surface area contributed by atoms with Crippen LogP contribution >= 0.6 is 15.9 Å². The Bertz CT molecular complexity index is 581. The smallest absolute Gasteiger partial charge is 0.137 e. The number of halogens is 1. The summed E-state index contributed by atoms with van der Waals surface area (Å²) in [6, 6.07) is 2.93. The molecule has 1 aromatic heterocycles. The third-order valence-corrected chi connectivity index (χ3v) is 5.77. The third-order valence-electron chi connectivity index (χ3n) is 5.34. The number of aliphatic hydroxyl groups is 2. The van der Waals surface area contributed by atoms with E-state index in [2.05, 4.69) is 31.1 Å². The van der Waals surface area contributed by atoms with Crippen LogP contribution in [0.5, 0.6) is 0 Å². The van der Waals surface area contributed by atoms with E-state index in [9.17, 15) is 5.11 Å². The average Bonchev–Trinajstić information content (AvgIpc) is 2.69. The van der Waals surface area contributed by atoms with Gasteiger partial charge in [0.2, 0.25) is 0 Å². The second-order valence-corrected chi connectivity index (χ2v) is 8.23. The lowest BCUT2D eigenvalue weighted by molar-refractivity contribution is 0.160. The SMILES string of the molecule is CCO.N=Cc1cc(Br)cnc1N1CCC(NC2CCCCC2)C(CO)C1. The zero-order valence-corrected chi connectivity index (χ0v) is 17.8. The Kier molecular flexibility index (Phi) is 9.68. The highest BCUT2D eigenvalue weighted by Gasteiger charge is 2.31. The van der Waals surface area contributed by atoms with Crippen LogP contribution in [-0.2, 0) is 0 Å². The van der Waals surface area contributed by atoms with E-state index in [1.165, 1.54) is 38.3 Å². The molecule has 2 atom stereocenters. The van der Waals surface area contributed by atoms with Gasteiger partial charge in [0.1, 0.15) is 5.82 Å². The van der Waals surface area contributed by atoms with Gasteiger partial charge < -0.3 is 25.8 Å². The van der Waals surface area contributed by atoms with E-state index in [0.29, 0.717) is 12.1 Å². The molecule has 6 nitrogen and oxygen atoms in total. The van der Waals surface area contributed by atoms with Crippen LogP contribution in [0.1, 0.15) is 51.0 Å². The number of aliphatic hydroxyl groups excluding tert-OH is 2. The van der Waals surface area contributed by atoms with Crippen LogP contribution in [0.15, 0.2) is 16.7 Å². The van der Waals surface area contributed by atoms with Gasteiger partial charge in [-0.15, -0.1) is 0 Å². The van der Waals surface area contributed by atoms with Gasteiger partial charge in [-0.25, -0.2) is 4.98 Å². The molecule has 0 spiro atoms. The molecule has 0 radical (unpaired) electrons. The summed E-state index contributed by atoms with van der Waals surface area (Å²) in [5, 5.41) is 28.9. The highest BCUT2D eigenvalue weighted by molar-refractivity contribution is 9.10. The summed E-state index contributed by atoms with van der Waals surface area (Å²) in [6.45, 7) is 3.82. The Morgan fingerprint density at radius 1 is 1.30 bits per heavy atom. The lowest BCUT2D eigenvalue weighted by atomic mass is 9.89. The lowest BCUT2D eigenvalue weighted by Crippen LogP contribution is -2.53. The fraction of sp³-hybridized carbons (Fsp3) is 0.700. The van der Waals surface area contributed by atoms with Gasteiger partial charge in [0.15, 0.2) is 0 Å². The minimum absolute atomic E-state index is 0.192. The molecule has 0 bridgehead atoms. The van der Waals surface area contributed by atoms with E-state index in [1.807, 2.05) is 6.07 Å². The molecule has 152 valence electrons. The van der Waals surface area contributed by atoms with Crippen molar-refractivity contribution in [1.29, 1.82) is 5.41 Å². The molecule has 7 heteroatoms. The molecule has 2 fully saturated rings. The summed E-state index contributed by atoms with van der Waals surface area (Å²) in [4.78, 5) is 6.72. The maximum Gasteiger partial charge on any atom is 0.137 e. The van der Waals surface area contributed by atoms with Gasteiger partial charge in [0.25, 0.3) is 0 Å². The summed E-state index contributed by atoms with van der Waals surface area (Å²) in [5.41, 5.74) is 0.819. The Hall–Kier alpha value is -1.02. The minimum Gasteiger partial charge on any atom is -0.397 e. The van der Waals surface area contributed by atoms with E-state index < -0.39 is 0 Å². The first-order valence-electron chi connectivity index (χ1n) is 10.0. The molecule has 1 saturated heterocycles. The number of nitrogens with one attached hydrogen (secondary N) is 2. The zero-order chi connectivity index (χ0) is 19.6. The predicted octanol–water partition coefficient (Wildman–Crippen LogP) is 2.95. The number of nitrogens with zero attached hydrogens (tertiary/aromatic N) is 2. The van der Waals surface area contributed by atoms with E-state index in [-0.39, 0.29) is 19.1 Å². The van der Waals surface area contributed by atoms with Crippen molar-refractivity contribution in [2.45, 2.75) is 57.5 Å². The van der Waals surface area contributed by atoms with Gasteiger partial charge in [0, 0.05) is 66.8 Å². The van der Waals surface area contributed by atoms with E-state index in [0.717, 1.165) is 35.4 Å². The number of aromatic nitrogens is 1. The molecule has 4 N–H and O–H groups in total. The van der Waals surface area contributed by atoms with Crippen molar-refractivity contribution in [3.8, 4) is 0 Å². The molecule has 0 amide bonds. The van der Waals surface area contributed by atoms with Crippen LogP contribution in [0.2, 0.25) is 0 Å². The van der Waals surface area contributed by atoms with Crippen LogP contribution in [0.3, 0.4) is 0 Å². The van der Waals surface area contributed by atoms with Gasteiger partial charge in [-0.1, -0.05) is 19.3 Å². The second-order valence-electron chi connectivity index (χ2n) is 7.31. The molecule has 2 aliphatic rings. The molecule has 1 saturated carbocycles. The Balaban J connectivity index is 0.000000817. The van der Waals surface area contributed by atoms with Crippen molar-refractivity contribution in [3.63, 3.8) is 0 Å². The molecule has 1 aliphatic heterocycles. The molecule has 2 unspecified atom stereocenters. The molecule has 3 rings (SSSR count). The van der Waals surface area contributed by atoms with Crippen molar-refractivity contribution in [3.05, 3.63) is 22.3 Å². The molecular formula is C20H33BrN4O2. The molecule has 2 heterocycles. The monoisotopic (exact) mass is 440 g/mol. The second kappa shape index (κ2) is 11.7. The number of hydrogen-bond donors (Lipinski definition) is 4. The predicted molar refractivity (Wildman–Crippen MR) is 114 cm³/mol. The first-order chi connectivity index (χ1) is 13.1. The van der Waals surface area contributed by atoms with Crippen molar-refractivity contribution in [2.75, 3.05) is 31.2 Å². The summed E-state index contributed by atoms with van der Waals surface area (Å²) in [5.74, 6) is 1.06. The van der Waals surface area contributed by atoms with E-state index >= 15 is 0 Å². The van der Waals surface area contributed by atoms with Gasteiger partial charge in [-0.3, -0.25) is 0 Å². The molecule has 1 aliphatic carbocycles. The first-order valence-corrected chi connectivity index (χ1v) is 10.8. The number of rotatable bonds is 5. The van der Waals surface area contributed by atoms with Crippen LogP contribution in [0, 0.1) is 11.3 Å². The topological polar surface area (TPSA) is 92.5 Å². The highest BCUT2D eigenvalue weighted by Crippen LogP contribution is 2.27. The fourth-order valence-electron chi connectivity index (χ4n) is 4.02. The van der Waals surface area contributed by atoms with Gasteiger partial charge >= 0.3 is 0 Å². The first kappa shape index (κ1) is 22.3. The average molecular weight is 441 g/mol. The third kappa shape index (κ3) is 6.52. The summed E-state index contributed by atoms with van der Waals surface area (Å²) >= 11 is 3.42. The maximum atomic E-state index is 9.89. The Morgan fingerprint density at radius 2 is 2.00 bits per heavy atom. The van der Waals surface area contributed by atoms with Crippen LogP contribution < -0.4 is 10.2 Å². The molecule has 1 aromatic rings. The van der Waals surface area contributed by atoms with Gasteiger partial charge in [0.05, 0.1) is 0 Å². The molecular weight excluding hydrogens is 408 g/mol. The highest BCUT2D eigenvalue weighted by atomic mass is 79.9. The van der Waals surface area contributed by atoms with Crippen molar-refractivity contribution < 1.29 is 10.2 Å². The lowest BCUT2D eigenvalue weighted by Gasteiger charge is -2.41. The quantitative estimate of drug-likeness (QED) is 0.528. The molecule has 27 heavy (non-hydrogen) atoms. The van der Waals surface area contributed by atoms with Gasteiger partial charge in [-0.05, 0) is 48.2 Å². The Labute approximate surface area is 171 Å². The van der Waals surface area contributed by atoms with Crippen LogP contribution in [0.4, 0.5) is 5.82 Å². The standard InChI is InChI=1S/C18H27BrN4O.C2H6O/c19-15-8-13(9-20)18(21-10-15)23-7-6-17(14(11-23)12-24)22-16-4-2-1-3-5-16;1-2-3/h8-10,14,16-17,20,22,24H,1-7,11-12H2;3H,2H2,1H3. The summed E-state index contributed by atoms with van der Waals surface area (Å²) < 4.78 is 0.886. The fourth-order valence-corrected chi connectivity index (χ4v) is 4.37. The van der Waals surface area contributed by atoms with E-state index in [1.54, 1.807) is 13.1 Å². The van der Waals surface area contributed by atoms with Crippen molar-refractivity contribution >= 4 is 28.0 Å².